The van der Waals surface area contributed by atoms with Gasteiger partial charge in [-0.25, -0.2) is 0 Å². The molecule has 1 heterocycles. The van der Waals surface area contributed by atoms with Gasteiger partial charge in [0.25, 0.3) is 5.69 Å². The fourth-order valence-corrected chi connectivity index (χ4v) is 2.35. The average Bonchev–Trinajstić information content (AvgIpc) is 2.83. The monoisotopic (exact) mass is 273 g/mol. The molecule has 19 heavy (non-hydrogen) atoms. The summed E-state index contributed by atoms with van der Waals surface area (Å²) >= 11 is 1.43. The quantitative estimate of drug-likeness (QED) is 0.368. The van der Waals surface area contributed by atoms with Crippen LogP contribution in [0.4, 0.5) is 5.69 Å². The molecule has 0 spiro atoms. The normalized spacial score (nSPS) is 10.8. The van der Waals surface area contributed by atoms with Gasteiger partial charge in [0.1, 0.15) is 0 Å². The zero-order valence-corrected chi connectivity index (χ0v) is 11.0. The molecule has 0 bridgehead atoms. The highest BCUT2D eigenvalue weighted by Gasteiger charge is 2.06. The summed E-state index contributed by atoms with van der Waals surface area (Å²) in [7, 11) is 0. The highest BCUT2D eigenvalue weighted by Crippen LogP contribution is 2.18. The van der Waals surface area contributed by atoms with Gasteiger partial charge < -0.3 is 0 Å². The lowest BCUT2D eigenvalue weighted by Gasteiger charge is -1.94. The first-order chi connectivity index (χ1) is 9.06. The van der Waals surface area contributed by atoms with Gasteiger partial charge in [-0.05, 0) is 30.7 Å². The number of benzene rings is 1. The predicted molar refractivity (Wildman–Crippen MR) is 75.5 cm³/mol. The highest BCUT2D eigenvalue weighted by molar-refractivity contribution is 7.14. The molecular formula is C14H11NO3S. The third-order valence-electron chi connectivity index (χ3n) is 2.49. The van der Waals surface area contributed by atoms with Crippen molar-refractivity contribution in [3.63, 3.8) is 0 Å². The third kappa shape index (κ3) is 3.35. The molecule has 0 aliphatic rings. The van der Waals surface area contributed by atoms with Crippen molar-refractivity contribution >= 4 is 28.9 Å². The van der Waals surface area contributed by atoms with E-state index in [-0.39, 0.29) is 11.5 Å². The molecule has 0 saturated carbocycles. The van der Waals surface area contributed by atoms with Crippen molar-refractivity contribution in [2.75, 3.05) is 0 Å². The van der Waals surface area contributed by atoms with E-state index in [1.807, 2.05) is 13.0 Å². The number of carbonyl (C=O) groups is 1. The topological polar surface area (TPSA) is 60.2 Å². The van der Waals surface area contributed by atoms with E-state index in [2.05, 4.69) is 0 Å². The van der Waals surface area contributed by atoms with Gasteiger partial charge in [0, 0.05) is 17.0 Å². The largest absolute Gasteiger partial charge is 0.288 e. The first-order valence-corrected chi connectivity index (χ1v) is 6.41. The van der Waals surface area contributed by atoms with Crippen LogP contribution < -0.4 is 0 Å². The van der Waals surface area contributed by atoms with Crippen molar-refractivity contribution in [1.82, 2.24) is 0 Å². The summed E-state index contributed by atoms with van der Waals surface area (Å²) < 4.78 is 0. The number of nitro benzene ring substituents is 1. The van der Waals surface area contributed by atoms with Gasteiger partial charge in [-0.2, -0.15) is 0 Å². The molecule has 0 aliphatic carbocycles. The van der Waals surface area contributed by atoms with E-state index < -0.39 is 4.92 Å². The molecule has 2 aromatic rings. The first-order valence-electron chi connectivity index (χ1n) is 5.59. The Hall–Kier alpha value is -2.27. The van der Waals surface area contributed by atoms with E-state index in [1.54, 1.807) is 24.3 Å². The van der Waals surface area contributed by atoms with Gasteiger partial charge >= 0.3 is 0 Å². The molecule has 0 saturated heterocycles. The minimum absolute atomic E-state index is 0.0153. The SMILES string of the molecule is Cc1ccc(C(=O)/C=C/c2cccc([N+](=O)[O-])c2)s1. The van der Waals surface area contributed by atoms with Gasteiger partial charge in [0.2, 0.25) is 0 Å². The Kier molecular flexibility index (Phi) is 3.87. The Labute approximate surface area is 114 Å². The van der Waals surface area contributed by atoms with Crippen LogP contribution in [0.25, 0.3) is 6.08 Å². The number of rotatable bonds is 4. The number of ketones is 1. The van der Waals surface area contributed by atoms with Crippen LogP contribution in [0.2, 0.25) is 0 Å². The molecule has 1 aromatic heterocycles. The molecular weight excluding hydrogens is 262 g/mol. The molecule has 0 N–H and O–H groups in total. The molecule has 96 valence electrons. The molecule has 1 aromatic carbocycles. The van der Waals surface area contributed by atoms with E-state index in [0.29, 0.717) is 10.4 Å². The first kappa shape index (κ1) is 13.2. The number of nitrogens with zero attached hydrogens (tertiary/aromatic N) is 1. The second-order valence-corrected chi connectivity index (χ2v) is 5.25. The fourth-order valence-electron chi connectivity index (χ4n) is 1.56. The van der Waals surface area contributed by atoms with Crippen molar-refractivity contribution in [2.24, 2.45) is 0 Å². The Morgan fingerprint density at radius 1 is 1.32 bits per heavy atom. The molecule has 0 fully saturated rings. The Balaban J connectivity index is 2.16. The van der Waals surface area contributed by atoms with Crippen LogP contribution in [0.15, 0.2) is 42.5 Å². The molecule has 0 atom stereocenters. The number of nitro groups is 1. The maximum Gasteiger partial charge on any atom is 0.270 e. The molecule has 2 rings (SSSR count). The number of hydrogen-bond donors (Lipinski definition) is 0. The summed E-state index contributed by atoms with van der Waals surface area (Å²) in [4.78, 5) is 23.8. The van der Waals surface area contributed by atoms with Gasteiger partial charge in [-0.1, -0.05) is 18.2 Å². The minimum atomic E-state index is -0.457. The second-order valence-electron chi connectivity index (χ2n) is 3.96. The van der Waals surface area contributed by atoms with Crippen LogP contribution >= 0.6 is 11.3 Å². The number of allylic oxidation sites excluding steroid dienone is 1. The van der Waals surface area contributed by atoms with Crippen LogP contribution in [-0.2, 0) is 0 Å². The van der Waals surface area contributed by atoms with E-state index in [0.717, 1.165) is 4.88 Å². The lowest BCUT2D eigenvalue weighted by molar-refractivity contribution is -0.384. The van der Waals surface area contributed by atoms with Crippen molar-refractivity contribution in [2.45, 2.75) is 6.92 Å². The summed E-state index contributed by atoms with van der Waals surface area (Å²) in [5.74, 6) is -0.0930. The number of hydrogen-bond acceptors (Lipinski definition) is 4. The Morgan fingerprint density at radius 3 is 2.74 bits per heavy atom. The lowest BCUT2D eigenvalue weighted by atomic mass is 10.1. The zero-order chi connectivity index (χ0) is 13.8. The Morgan fingerprint density at radius 2 is 2.11 bits per heavy atom. The molecule has 0 radical (unpaired) electrons. The van der Waals surface area contributed by atoms with Crippen molar-refractivity contribution in [3.8, 4) is 0 Å². The van der Waals surface area contributed by atoms with Gasteiger partial charge in [0.15, 0.2) is 5.78 Å². The van der Waals surface area contributed by atoms with Gasteiger partial charge in [-0.3, -0.25) is 14.9 Å². The predicted octanol–water partition coefficient (Wildman–Crippen LogP) is 3.86. The van der Waals surface area contributed by atoms with Crippen molar-refractivity contribution < 1.29 is 9.72 Å². The van der Waals surface area contributed by atoms with E-state index >= 15 is 0 Å². The summed E-state index contributed by atoms with van der Waals surface area (Å²) in [6, 6.07) is 9.83. The molecule has 0 amide bonds. The molecule has 0 unspecified atom stereocenters. The highest BCUT2D eigenvalue weighted by atomic mass is 32.1. The summed E-state index contributed by atoms with van der Waals surface area (Å²) in [6.45, 7) is 1.94. The fraction of sp³-hybridized carbons (Fsp3) is 0.0714. The summed E-state index contributed by atoms with van der Waals surface area (Å²) in [6.07, 6.45) is 3.02. The standard InChI is InChI=1S/C14H11NO3S/c1-10-5-8-14(19-10)13(16)7-6-11-3-2-4-12(9-11)15(17)18/h2-9H,1H3/b7-6+. The third-order valence-corrected chi connectivity index (χ3v) is 3.51. The number of thiophene rings is 1. The van der Waals surface area contributed by atoms with Gasteiger partial charge in [0.05, 0.1) is 9.80 Å². The van der Waals surface area contributed by atoms with E-state index in [4.69, 9.17) is 0 Å². The maximum absolute atomic E-state index is 11.8. The second kappa shape index (κ2) is 5.58. The lowest BCUT2D eigenvalue weighted by Crippen LogP contribution is -1.90. The number of carbonyl (C=O) groups excluding carboxylic acids is 1. The average molecular weight is 273 g/mol. The minimum Gasteiger partial charge on any atom is -0.288 e. The molecule has 0 aliphatic heterocycles. The molecule has 5 heteroatoms. The smallest absolute Gasteiger partial charge is 0.270 e. The Bertz CT molecular complexity index is 658. The van der Waals surface area contributed by atoms with E-state index in [1.165, 1.54) is 29.5 Å². The van der Waals surface area contributed by atoms with Crippen molar-refractivity contribution in [1.29, 1.82) is 0 Å². The van der Waals surface area contributed by atoms with Crippen LogP contribution in [0, 0.1) is 17.0 Å². The van der Waals surface area contributed by atoms with Crippen LogP contribution in [-0.4, -0.2) is 10.7 Å². The van der Waals surface area contributed by atoms with Crippen LogP contribution in [0.5, 0.6) is 0 Å². The van der Waals surface area contributed by atoms with Crippen LogP contribution in [0.3, 0.4) is 0 Å². The van der Waals surface area contributed by atoms with Gasteiger partial charge in [-0.15, -0.1) is 11.3 Å². The van der Waals surface area contributed by atoms with Crippen LogP contribution in [0.1, 0.15) is 20.1 Å². The van der Waals surface area contributed by atoms with Crippen molar-refractivity contribution in [3.05, 3.63) is 67.9 Å². The zero-order valence-electron chi connectivity index (χ0n) is 10.2. The maximum atomic E-state index is 11.8. The number of aryl methyl sites for hydroxylation is 1. The number of non-ortho nitro benzene ring substituents is 1. The molecule has 4 nitrogen and oxygen atoms in total. The summed E-state index contributed by atoms with van der Waals surface area (Å²) in [5.41, 5.74) is 0.650. The van der Waals surface area contributed by atoms with E-state index in [9.17, 15) is 14.9 Å². The summed E-state index contributed by atoms with van der Waals surface area (Å²) in [5, 5.41) is 10.6.